The van der Waals surface area contributed by atoms with Crippen molar-refractivity contribution in [2.75, 3.05) is 0 Å². The summed E-state index contributed by atoms with van der Waals surface area (Å²) < 4.78 is 0. The molecule has 0 radical (unpaired) electrons. The molecule has 0 fully saturated rings. The van der Waals surface area contributed by atoms with Crippen molar-refractivity contribution in [2.45, 2.75) is 38.8 Å². The van der Waals surface area contributed by atoms with E-state index in [1.165, 1.54) is 0 Å². The summed E-state index contributed by atoms with van der Waals surface area (Å²) in [4.78, 5) is 26.9. The van der Waals surface area contributed by atoms with Crippen LogP contribution in [0.1, 0.15) is 25.8 Å². The zero-order chi connectivity index (χ0) is 17.0. The van der Waals surface area contributed by atoms with Gasteiger partial charge in [0, 0.05) is 17.1 Å². The summed E-state index contributed by atoms with van der Waals surface area (Å²) in [6, 6.07) is 6.42. The fourth-order valence-electron chi connectivity index (χ4n) is 2.63. The van der Waals surface area contributed by atoms with Crippen LogP contribution in [0.3, 0.4) is 0 Å². The van der Waals surface area contributed by atoms with E-state index in [2.05, 4.69) is 10.3 Å². The summed E-state index contributed by atoms with van der Waals surface area (Å²) in [7, 11) is 0. The monoisotopic (exact) mass is 316 g/mol. The lowest BCUT2D eigenvalue weighted by molar-refractivity contribution is -0.128. The first-order valence-electron chi connectivity index (χ1n) is 7.78. The molecule has 0 aliphatic heterocycles. The van der Waals surface area contributed by atoms with E-state index < -0.39 is 18.0 Å². The molecule has 124 valence electrons. The number of hydrogen-bond donors (Lipinski definition) is 4. The van der Waals surface area contributed by atoms with Crippen LogP contribution in [0.5, 0.6) is 0 Å². The average molecular weight is 316 g/mol. The molecule has 1 aromatic carbocycles. The zero-order valence-corrected chi connectivity index (χ0v) is 13.5. The highest BCUT2D eigenvalue weighted by Crippen LogP contribution is 2.18. The SMILES string of the molecule is CC(C)CC(NC(=O)C(N)Cc1c[nH]c2ccccc12)C(N)=O. The fourth-order valence-corrected chi connectivity index (χ4v) is 2.63. The first-order chi connectivity index (χ1) is 10.9. The molecule has 2 rings (SSSR count). The number of carbonyl (C=O) groups excluding carboxylic acids is 2. The van der Waals surface area contributed by atoms with E-state index in [9.17, 15) is 9.59 Å². The summed E-state index contributed by atoms with van der Waals surface area (Å²) in [5, 5.41) is 3.71. The first-order valence-corrected chi connectivity index (χ1v) is 7.78. The lowest BCUT2D eigenvalue weighted by Gasteiger charge is -2.20. The molecule has 2 aromatic rings. The zero-order valence-electron chi connectivity index (χ0n) is 13.5. The predicted octanol–water partition coefficient (Wildman–Crippen LogP) is 1.05. The molecule has 0 aliphatic carbocycles. The minimum absolute atomic E-state index is 0.248. The second-order valence-corrected chi connectivity index (χ2v) is 6.26. The molecule has 23 heavy (non-hydrogen) atoms. The summed E-state index contributed by atoms with van der Waals surface area (Å²) in [5.74, 6) is -0.649. The molecule has 2 unspecified atom stereocenters. The van der Waals surface area contributed by atoms with Gasteiger partial charge in [-0.1, -0.05) is 32.0 Å². The third kappa shape index (κ3) is 4.32. The Morgan fingerprint density at radius 2 is 1.96 bits per heavy atom. The summed E-state index contributed by atoms with van der Waals surface area (Å²) >= 11 is 0. The lowest BCUT2D eigenvalue weighted by Crippen LogP contribution is -2.51. The smallest absolute Gasteiger partial charge is 0.240 e. The standard InChI is InChI=1S/C17H24N4O2/c1-10(2)7-15(16(19)22)21-17(23)13(18)8-11-9-20-14-6-4-3-5-12(11)14/h3-6,9-10,13,15,20H,7-8,18H2,1-2H3,(H2,19,22)(H,21,23). The minimum atomic E-state index is -0.733. The highest BCUT2D eigenvalue weighted by Gasteiger charge is 2.23. The van der Waals surface area contributed by atoms with Crippen LogP contribution >= 0.6 is 0 Å². The highest BCUT2D eigenvalue weighted by molar-refractivity contribution is 5.90. The number of fused-ring (bicyclic) bond motifs is 1. The van der Waals surface area contributed by atoms with Gasteiger partial charge in [0.2, 0.25) is 11.8 Å². The molecule has 0 aliphatic rings. The number of benzene rings is 1. The molecule has 0 saturated carbocycles. The van der Waals surface area contributed by atoms with Gasteiger partial charge in [-0.3, -0.25) is 9.59 Å². The van der Waals surface area contributed by atoms with Gasteiger partial charge in [0.05, 0.1) is 6.04 Å². The average Bonchev–Trinajstić information content (AvgIpc) is 2.89. The van der Waals surface area contributed by atoms with Crippen LogP contribution in [0.2, 0.25) is 0 Å². The number of nitrogens with two attached hydrogens (primary N) is 2. The molecule has 6 N–H and O–H groups in total. The molecule has 0 spiro atoms. The third-order valence-electron chi connectivity index (χ3n) is 3.82. The number of carbonyl (C=O) groups is 2. The highest BCUT2D eigenvalue weighted by atomic mass is 16.2. The largest absolute Gasteiger partial charge is 0.368 e. The van der Waals surface area contributed by atoms with E-state index in [0.717, 1.165) is 16.5 Å². The minimum Gasteiger partial charge on any atom is -0.368 e. The van der Waals surface area contributed by atoms with Crippen LogP contribution < -0.4 is 16.8 Å². The maximum absolute atomic E-state index is 12.2. The maximum Gasteiger partial charge on any atom is 0.240 e. The summed E-state index contributed by atoms with van der Waals surface area (Å²) in [6.45, 7) is 3.93. The van der Waals surface area contributed by atoms with Crippen molar-refractivity contribution in [2.24, 2.45) is 17.4 Å². The van der Waals surface area contributed by atoms with Crippen LogP contribution in [0.15, 0.2) is 30.5 Å². The van der Waals surface area contributed by atoms with Crippen LogP contribution in [-0.2, 0) is 16.0 Å². The van der Waals surface area contributed by atoms with Crippen molar-refractivity contribution < 1.29 is 9.59 Å². The Labute approximate surface area is 135 Å². The second kappa shape index (κ2) is 7.28. The van der Waals surface area contributed by atoms with Crippen LogP contribution in [-0.4, -0.2) is 28.9 Å². The van der Waals surface area contributed by atoms with Crippen molar-refractivity contribution in [3.8, 4) is 0 Å². The Balaban J connectivity index is 2.03. The van der Waals surface area contributed by atoms with E-state index in [1.54, 1.807) is 0 Å². The van der Waals surface area contributed by atoms with E-state index >= 15 is 0 Å². The van der Waals surface area contributed by atoms with Crippen LogP contribution in [0.4, 0.5) is 0 Å². The van der Waals surface area contributed by atoms with E-state index in [0.29, 0.717) is 12.8 Å². The van der Waals surface area contributed by atoms with Gasteiger partial charge in [0.25, 0.3) is 0 Å². The number of aromatic amines is 1. The molecule has 2 amide bonds. The summed E-state index contributed by atoms with van der Waals surface area (Å²) in [6.07, 6.45) is 2.75. The van der Waals surface area contributed by atoms with Crippen molar-refractivity contribution >= 4 is 22.7 Å². The molecule has 0 bridgehead atoms. The Kier molecular flexibility index (Phi) is 5.39. The van der Waals surface area contributed by atoms with Crippen molar-refractivity contribution in [1.82, 2.24) is 10.3 Å². The lowest BCUT2D eigenvalue weighted by atomic mass is 10.0. The Hall–Kier alpha value is -2.34. The number of nitrogens with one attached hydrogen (secondary N) is 2. The molecular formula is C17H24N4O2. The van der Waals surface area contributed by atoms with Gasteiger partial charge in [0.15, 0.2) is 0 Å². The van der Waals surface area contributed by atoms with Gasteiger partial charge < -0.3 is 21.8 Å². The van der Waals surface area contributed by atoms with Crippen molar-refractivity contribution in [3.63, 3.8) is 0 Å². The molecule has 1 heterocycles. The number of para-hydroxylation sites is 1. The number of primary amides is 1. The normalized spacial score (nSPS) is 13.9. The Morgan fingerprint density at radius 3 is 2.61 bits per heavy atom. The Bertz CT molecular complexity index is 693. The van der Waals surface area contributed by atoms with E-state index in [1.807, 2.05) is 44.3 Å². The number of amides is 2. The number of H-pyrrole nitrogens is 1. The van der Waals surface area contributed by atoms with Crippen LogP contribution in [0, 0.1) is 5.92 Å². The second-order valence-electron chi connectivity index (χ2n) is 6.26. The number of aromatic nitrogens is 1. The fraction of sp³-hybridized carbons (Fsp3) is 0.412. The van der Waals surface area contributed by atoms with Crippen LogP contribution in [0.25, 0.3) is 10.9 Å². The molecular weight excluding hydrogens is 292 g/mol. The third-order valence-corrected chi connectivity index (χ3v) is 3.82. The van der Waals surface area contributed by atoms with E-state index in [4.69, 9.17) is 11.5 Å². The number of rotatable bonds is 7. The summed E-state index contributed by atoms with van der Waals surface area (Å²) in [5.41, 5.74) is 13.3. The van der Waals surface area contributed by atoms with Gasteiger partial charge >= 0.3 is 0 Å². The van der Waals surface area contributed by atoms with Gasteiger partial charge in [-0.25, -0.2) is 0 Å². The van der Waals surface area contributed by atoms with E-state index in [-0.39, 0.29) is 11.8 Å². The predicted molar refractivity (Wildman–Crippen MR) is 90.6 cm³/mol. The van der Waals surface area contributed by atoms with Gasteiger partial charge in [-0.05, 0) is 30.4 Å². The molecule has 6 heteroatoms. The number of hydrogen-bond acceptors (Lipinski definition) is 3. The molecule has 0 saturated heterocycles. The van der Waals surface area contributed by atoms with Crippen molar-refractivity contribution in [1.29, 1.82) is 0 Å². The first kappa shape index (κ1) is 17.0. The topological polar surface area (TPSA) is 114 Å². The molecule has 2 atom stereocenters. The molecule has 1 aromatic heterocycles. The van der Waals surface area contributed by atoms with Gasteiger partial charge in [-0.2, -0.15) is 0 Å². The van der Waals surface area contributed by atoms with Crippen molar-refractivity contribution in [3.05, 3.63) is 36.0 Å². The Morgan fingerprint density at radius 1 is 1.26 bits per heavy atom. The molecule has 6 nitrogen and oxygen atoms in total. The maximum atomic E-state index is 12.2. The van der Waals surface area contributed by atoms with Gasteiger partial charge in [0.1, 0.15) is 6.04 Å². The van der Waals surface area contributed by atoms with Gasteiger partial charge in [-0.15, -0.1) is 0 Å². The quantitative estimate of drug-likeness (QED) is 0.612.